The van der Waals surface area contributed by atoms with E-state index in [1.54, 1.807) is 0 Å². The molecule has 106 valence electrons. The van der Waals surface area contributed by atoms with E-state index in [0.29, 0.717) is 5.41 Å². The van der Waals surface area contributed by atoms with Gasteiger partial charge in [0.2, 0.25) is 0 Å². The van der Waals surface area contributed by atoms with Gasteiger partial charge < -0.3 is 4.90 Å². The quantitative estimate of drug-likeness (QED) is 0.646. The average molecular weight is 243 g/mol. The van der Waals surface area contributed by atoms with Crippen LogP contribution in [0.1, 0.15) is 80.1 Å². The zero-order valence-corrected chi connectivity index (χ0v) is 13.6. The van der Waals surface area contributed by atoms with Crippen molar-refractivity contribution in [3.8, 4) is 0 Å². The summed E-state index contributed by atoms with van der Waals surface area (Å²) in [6.45, 7) is 15.6. The fourth-order valence-electron chi connectivity index (χ4n) is 2.65. The Kier molecular flexibility index (Phi) is 14.1. The van der Waals surface area contributed by atoms with Gasteiger partial charge in [-0.1, -0.05) is 54.4 Å². The van der Waals surface area contributed by atoms with E-state index in [9.17, 15) is 0 Å². The molecule has 0 N–H and O–H groups in total. The van der Waals surface area contributed by atoms with Gasteiger partial charge in [-0.3, -0.25) is 0 Å². The van der Waals surface area contributed by atoms with Crippen LogP contribution in [-0.2, 0) is 0 Å². The molecule has 0 radical (unpaired) electrons. The maximum Gasteiger partial charge on any atom is 0.00348 e. The van der Waals surface area contributed by atoms with E-state index in [1.807, 2.05) is 13.8 Å². The van der Waals surface area contributed by atoms with Gasteiger partial charge in [0.05, 0.1) is 0 Å². The Morgan fingerprint density at radius 1 is 1.06 bits per heavy atom. The minimum atomic E-state index is 0.668. The van der Waals surface area contributed by atoms with Crippen LogP contribution in [0.15, 0.2) is 0 Å². The molecule has 1 atom stereocenters. The number of piperidine rings is 1. The number of rotatable bonds is 3. The molecule has 1 nitrogen and oxygen atoms in total. The number of nitrogens with zero attached hydrogens (tertiary/aromatic N) is 1. The second kappa shape index (κ2) is 12.4. The molecular weight excluding hydrogens is 206 g/mol. The third-order valence-corrected chi connectivity index (χ3v) is 3.38. The molecule has 1 aliphatic heterocycles. The topological polar surface area (TPSA) is 3.24 Å². The molecule has 0 aromatic heterocycles. The largest absolute Gasteiger partial charge is 0.306 e. The fraction of sp³-hybridized carbons (Fsp3) is 1.00. The molecule has 0 spiro atoms. The van der Waals surface area contributed by atoms with Crippen LogP contribution in [0.25, 0.3) is 0 Å². The third-order valence-electron chi connectivity index (χ3n) is 3.38. The molecule has 1 fully saturated rings. The first-order chi connectivity index (χ1) is 8.14. The summed E-state index contributed by atoms with van der Waals surface area (Å²) < 4.78 is 0. The molecule has 1 saturated heterocycles. The van der Waals surface area contributed by atoms with Crippen LogP contribution in [0, 0.1) is 5.41 Å². The highest BCUT2D eigenvalue weighted by Gasteiger charge is 2.31. The van der Waals surface area contributed by atoms with Gasteiger partial charge in [-0.15, -0.1) is 0 Å². The normalized spacial score (nSPS) is 24.2. The maximum atomic E-state index is 2.50. The lowest BCUT2D eigenvalue weighted by Crippen LogP contribution is -2.40. The predicted octanol–water partition coefficient (Wildman–Crippen LogP) is 5.35. The van der Waals surface area contributed by atoms with Gasteiger partial charge in [0.15, 0.2) is 0 Å². The molecule has 0 amide bonds. The van der Waals surface area contributed by atoms with Crippen molar-refractivity contribution >= 4 is 0 Å². The Bertz CT molecular complexity index is 140. The van der Waals surface area contributed by atoms with E-state index in [2.05, 4.69) is 39.6 Å². The summed E-state index contributed by atoms with van der Waals surface area (Å²) in [7, 11) is 2.26. The van der Waals surface area contributed by atoms with Crippen molar-refractivity contribution in [2.75, 3.05) is 20.1 Å². The predicted molar refractivity (Wildman–Crippen MR) is 81.7 cm³/mol. The van der Waals surface area contributed by atoms with E-state index >= 15 is 0 Å². The third kappa shape index (κ3) is 8.65. The summed E-state index contributed by atoms with van der Waals surface area (Å²) in [4.78, 5) is 2.50. The highest BCUT2D eigenvalue weighted by Crippen LogP contribution is 2.36. The smallest absolute Gasteiger partial charge is 0.00348 e. The number of hydrogen-bond donors (Lipinski definition) is 0. The van der Waals surface area contributed by atoms with Crippen molar-refractivity contribution < 1.29 is 0 Å². The second-order valence-electron chi connectivity index (χ2n) is 5.15. The van der Waals surface area contributed by atoms with E-state index in [4.69, 9.17) is 0 Å². The molecule has 0 bridgehead atoms. The van der Waals surface area contributed by atoms with Gasteiger partial charge in [0, 0.05) is 6.54 Å². The molecule has 1 heterocycles. The van der Waals surface area contributed by atoms with Gasteiger partial charge in [0.1, 0.15) is 0 Å². The molecule has 0 aromatic rings. The Morgan fingerprint density at radius 3 is 1.94 bits per heavy atom. The molecule has 1 rings (SSSR count). The van der Waals surface area contributed by atoms with Crippen LogP contribution in [0.3, 0.4) is 0 Å². The summed E-state index contributed by atoms with van der Waals surface area (Å²) in [6.07, 6.45) is 8.26. The van der Waals surface area contributed by atoms with Crippen LogP contribution >= 0.6 is 0 Å². The van der Waals surface area contributed by atoms with Crippen molar-refractivity contribution in [1.82, 2.24) is 4.90 Å². The average Bonchev–Trinajstić information content (AvgIpc) is 2.33. The summed E-state index contributed by atoms with van der Waals surface area (Å²) in [6, 6.07) is 0. The minimum Gasteiger partial charge on any atom is -0.306 e. The first-order valence-electron chi connectivity index (χ1n) is 7.82. The fourth-order valence-corrected chi connectivity index (χ4v) is 2.65. The van der Waals surface area contributed by atoms with E-state index in [0.717, 1.165) is 0 Å². The van der Waals surface area contributed by atoms with Gasteiger partial charge in [-0.25, -0.2) is 0 Å². The Hall–Kier alpha value is -0.0400. The van der Waals surface area contributed by atoms with Crippen LogP contribution in [0.2, 0.25) is 0 Å². The molecule has 17 heavy (non-hydrogen) atoms. The van der Waals surface area contributed by atoms with Crippen molar-refractivity contribution in [2.45, 2.75) is 80.1 Å². The Labute approximate surface area is 111 Å². The van der Waals surface area contributed by atoms with Crippen LogP contribution in [0.4, 0.5) is 0 Å². The molecule has 0 aromatic carbocycles. The Balaban J connectivity index is 0. The molecule has 1 unspecified atom stereocenters. The van der Waals surface area contributed by atoms with Gasteiger partial charge in [-0.05, 0) is 44.7 Å². The lowest BCUT2D eigenvalue weighted by molar-refractivity contribution is 0.0937. The van der Waals surface area contributed by atoms with Crippen molar-refractivity contribution in [3.05, 3.63) is 0 Å². The van der Waals surface area contributed by atoms with Crippen LogP contribution in [0.5, 0.6) is 0 Å². The SMILES string of the molecule is CC.CCC.CCCC1(CC)CCCN(C)C1. The first kappa shape index (κ1) is 19.3. The number of likely N-dealkylation sites (tertiary alicyclic amines) is 1. The maximum absolute atomic E-state index is 2.50. The zero-order valence-electron chi connectivity index (χ0n) is 13.6. The lowest BCUT2D eigenvalue weighted by Gasteiger charge is -2.41. The highest BCUT2D eigenvalue weighted by atomic mass is 15.1. The summed E-state index contributed by atoms with van der Waals surface area (Å²) in [5, 5.41) is 0. The van der Waals surface area contributed by atoms with Crippen molar-refractivity contribution in [2.24, 2.45) is 5.41 Å². The zero-order chi connectivity index (χ0) is 13.7. The van der Waals surface area contributed by atoms with E-state index in [1.165, 1.54) is 51.6 Å². The summed E-state index contributed by atoms with van der Waals surface area (Å²) in [5.74, 6) is 0. The molecule has 0 aliphatic carbocycles. The minimum absolute atomic E-state index is 0.668. The number of hydrogen-bond acceptors (Lipinski definition) is 1. The van der Waals surface area contributed by atoms with E-state index < -0.39 is 0 Å². The van der Waals surface area contributed by atoms with Crippen molar-refractivity contribution in [3.63, 3.8) is 0 Å². The van der Waals surface area contributed by atoms with Gasteiger partial charge in [0.25, 0.3) is 0 Å². The van der Waals surface area contributed by atoms with Gasteiger partial charge in [-0.2, -0.15) is 0 Å². The summed E-state index contributed by atoms with van der Waals surface area (Å²) in [5.41, 5.74) is 0.668. The highest BCUT2D eigenvalue weighted by molar-refractivity contribution is 4.84. The van der Waals surface area contributed by atoms with Crippen LogP contribution < -0.4 is 0 Å². The van der Waals surface area contributed by atoms with Crippen molar-refractivity contribution in [1.29, 1.82) is 0 Å². The lowest BCUT2D eigenvalue weighted by atomic mass is 9.74. The van der Waals surface area contributed by atoms with Gasteiger partial charge >= 0.3 is 0 Å². The second-order valence-corrected chi connectivity index (χ2v) is 5.15. The molecule has 1 aliphatic rings. The Morgan fingerprint density at radius 2 is 1.59 bits per heavy atom. The molecule has 1 heteroatoms. The molecular formula is C16H37N. The standard InChI is InChI=1S/C11H23N.C3H8.C2H6/c1-4-7-11(5-2)8-6-9-12(3)10-11;1-3-2;1-2/h4-10H2,1-3H3;3H2,1-2H3;1-2H3. The monoisotopic (exact) mass is 243 g/mol. The van der Waals surface area contributed by atoms with Crippen LogP contribution in [-0.4, -0.2) is 25.0 Å². The first-order valence-corrected chi connectivity index (χ1v) is 7.82. The molecule has 0 saturated carbocycles. The summed E-state index contributed by atoms with van der Waals surface area (Å²) >= 11 is 0. The van der Waals surface area contributed by atoms with E-state index in [-0.39, 0.29) is 0 Å².